The van der Waals surface area contributed by atoms with E-state index in [0.29, 0.717) is 18.9 Å². The number of anilines is 2. The van der Waals surface area contributed by atoms with E-state index in [0.717, 1.165) is 4.47 Å². The molecule has 0 spiro atoms. The van der Waals surface area contributed by atoms with E-state index in [1.807, 2.05) is 11.8 Å². The molecule has 0 aliphatic carbocycles. The molecule has 1 aromatic rings. The number of nitrogens with zero attached hydrogens (tertiary/aromatic N) is 3. The molecule has 3 N–H and O–H groups in total. The lowest BCUT2D eigenvalue weighted by Gasteiger charge is -2.34. The van der Waals surface area contributed by atoms with Crippen LogP contribution >= 0.6 is 15.9 Å². The van der Waals surface area contributed by atoms with Gasteiger partial charge in [-0.2, -0.15) is 4.98 Å². The number of aromatic nitrogens is 2. The van der Waals surface area contributed by atoms with Crippen molar-refractivity contribution in [2.24, 2.45) is 0 Å². The van der Waals surface area contributed by atoms with E-state index in [2.05, 4.69) is 31.2 Å². The number of piperazine rings is 1. The maximum absolute atomic E-state index is 11.5. The first-order valence-electron chi connectivity index (χ1n) is 4.92. The Labute approximate surface area is 101 Å². The van der Waals surface area contributed by atoms with Crippen molar-refractivity contribution in [2.75, 3.05) is 23.7 Å². The van der Waals surface area contributed by atoms with Gasteiger partial charge in [-0.3, -0.25) is 4.79 Å². The highest BCUT2D eigenvalue weighted by Gasteiger charge is 2.27. The van der Waals surface area contributed by atoms with E-state index < -0.39 is 0 Å². The summed E-state index contributed by atoms with van der Waals surface area (Å²) < 4.78 is 0.739. The zero-order valence-corrected chi connectivity index (χ0v) is 10.4. The number of carbonyl (C=O) groups excluding carboxylic acids is 1. The smallest absolute Gasteiger partial charge is 0.242 e. The Bertz CT molecular complexity index is 424. The van der Waals surface area contributed by atoms with E-state index in [1.165, 1.54) is 0 Å². The molecule has 1 fully saturated rings. The van der Waals surface area contributed by atoms with Gasteiger partial charge < -0.3 is 16.0 Å². The third-order valence-electron chi connectivity index (χ3n) is 2.52. The Hall–Kier alpha value is -1.37. The first-order valence-corrected chi connectivity index (χ1v) is 5.71. The maximum Gasteiger partial charge on any atom is 0.242 e. The van der Waals surface area contributed by atoms with Crippen LogP contribution in [0.3, 0.4) is 0 Å². The second-order valence-electron chi connectivity index (χ2n) is 3.56. The van der Waals surface area contributed by atoms with Crippen molar-refractivity contribution in [1.29, 1.82) is 0 Å². The molecule has 0 radical (unpaired) electrons. The molecule has 0 saturated carbocycles. The predicted molar refractivity (Wildman–Crippen MR) is 64.0 cm³/mol. The Balaban J connectivity index is 2.35. The summed E-state index contributed by atoms with van der Waals surface area (Å²) in [4.78, 5) is 21.5. The molecule has 1 atom stereocenters. The normalized spacial score (nSPS) is 20.8. The number of amides is 1. The Morgan fingerprint density at radius 2 is 2.44 bits per heavy atom. The summed E-state index contributed by atoms with van der Waals surface area (Å²) in [5.74, 6) is 0.863. The van der Waals surface area contributed by atoms with Crippen LogP contribution in [0.15, 0.2) is 10.7 Å². The minimum absolute atomic E-state index is 0.00432. The minimum atomic E-state index is -0.251. The number of nitrogens with two attached hydrogens (primary N) is 1. The van der Waals surface area contributed by atoms with Gasteiger partial charge in [0.15, 0.2) is 0 Å². The number of hydrogen-bond acceptors (Lipinski definition) is 5. The fourth-order valence-corrected chi connectivity index (χ4v) is 2.06. The van der Waals surface area contributed by atoms with Crippen LogP contribution in [0.4, 0.5) is 11.8 Å². The van der Waals surface area contributed by atoms with Gasteiger partial charge in [-0.15, -0.1) is 0 Å². The number of carbonyl (C=O) groups is 1. The standard InChI is InChI=1S/C9H12BrN5O/c1-5-8(16)12-2-3-15(5)7-6(10)4-13-9(11)14-7/h4-5H,2-3H2,1H3,(H,12,16)(H2,11,13,14). The Morgan fingerprint density at radius 3 is 3.19 bits per heavy atom. The Kier molecular flexibility index (Phi) is 2.95. The van der Waals surface area contributed by atoms with Crippen molar-refractivity contribution in [3.05, 3.63) is 10.7 Å². The van der Waals surface area contributed by atoms with Crippen LogP contribution < -0.4 is 16.0 Å². The van der Waals surface area contributed by atoms with Crippen molar-refractivity contribution < 1.29 is 4.79 Å². The maximum atomic E-state index is 11.5. The molecule has 2 heterocycles. The quantitative estimate of drug-likeness (QED) is 0.767. The lowest BCUT2D eigenvalue weighted by Crippen LogP contribution is -2.54. The van der Waals surface area contributed by atoms with Gasteiger partial charge in [0.05, 0.1) is 4.47 Å². The monoisotopic (exact) mass is 285 g/mol. The zero-order valence-electron chi connectivity index (χ0n) is 8.77. The summed E-state index contributed by atoms with van der Waals surface area (Å²) >= 11 is 3.36. The van der Waals surface area contributed by atoms with Gasteiger partial charge in [-0.05, 0) is 22.9 Å². The summed E-state index contributed by atoms with van der Waals surface area (Å²) in [5.41, 5.74) is 5.54. The summed E-state index contributed by atoms with van der Waals surface area (Å²) in [6.45, 7) is 3.15. The summed E-state index contributed by atoms with van der Waals surface area (Å²) in [7, 11) is 0. The third-order valence-corrected chi connectivity index (χ3v) is 3.07. The second kappa shape index (κ2) is 4.25. The van der Waals surface area contributed by atoms with Crippen molar-refractivity contribution in [2.45, 2.75) is 13.0 Å². The van der Waals surface area contributed by atoms with Gasteiger partial charge in [-0.25, -0.2) is 4.98 Å². The predicted octanol–water partition coefficient (Wildman–Crippen LogP) is 0.146. The fourth-order valence-electron chi connectivity index (χ4n) is 1.64. The number of nitrogens with one attached hydrogen (secondary N) is 1. The van der Waals surface area contributed by atoms with E-state index in [1.54, 1.807) is 6.20 Å². The highest BCUT2D eigenvalue weighted by Crippen LogP contribution is 2.25. The van der Waals surface area contributed by atoms with Crippen molar-refractivity contribution >= 4 is 33.6 Å². The SMILES string of the molecule is CC1C(=O)NCCN1c1nc(N)ncc1Br. The molecule has 6 nitrogen and oxygen atoms in total. The topological polar surface area (TPSA) is 84.1 Å². The van der Waals surface area contributed by atoms with Crippen LogP contribution in [0.1, 0.15) is 6.92 Å². The van der Waals surface area contributed by atoms with Crippen molar-refractivity contribution in [3.8, 4) is 0 Å². The lowest BCUT2D eigenvalue weighted by molar-refractivity contribution is -0.122. The van der Waals surface area contributed by atoms with Gasteiger partial charge >= 0.3 is 0 Å². The van der Waals surface area contributed by atoms with Crippen LogP contribution in [0.5, 0.6) is 0 Å². The molecule has 0 bridgehead atoms. The third kappa shape index (κ3) is 1.95. The van der Waals surface area contributed by atoms with E-state index in [4.69, 9.17) is 5.73 Å². The van der Waals surface area contributed by atoms with E-state index >= 15 is 0 Å². The summed E-state index contributed by atoms with van der Waals surface area (Å²) in [5, 5.41) is 2.80. The largest absolute Gasteiger partial charge is 0.368 e. The zero-order chi connectivity index (χ0) is 11.7. The molecule has 1 amide bonds. The molecule has 16 heavy (non-hydrogen) atoms. The van der Waals surface area contributed by atoms with Crippen LogP contribution in [-0.2, 0) is 4.79 Å². The average Bonchev–Trinajstić information content (AvgIpc) is 2.26. The van der Waals surface area contributed by atoms with Crippen LogP contribution in [-0.4, -0.2) is 35.0 Å². The molecule has 0 aromatic carbocycles. The van der Waals surface area contributed by atoms with E-state index in [9.17, 15) is 4.79 Å². The average molecular weight is 286 g/mol. The number of rotatable bonds is 1. The van der Waals surface area contributed by atoms with E-state index in [-0.39, 0.29) is 17.9 Å². The van der Waals surface area contributed by atoms with Gasteiger partial charge in [0.1, 0.15) is 11.9 Å². The first-order chi connectivity index (χ1) is 7.59. The van der Waals surface area contributed by atoms with Crippen LogP contribution in [0.2, 0.25) is 0 Å². The molecule has 1 saturated heterocycles. The molecule has 1 aliphatic heterocycles. The molecule has 7 heteroatoms. The molecular weight excluding hydrogens is 274 g/mol. The summed E-state index contributed by atoms with van der Waals surface area (Å²) in [6.07, 6.45) is 1.59. The number of nitrogen functional groups attached to an aromatic ring is 1. The van der Waals surface area contributed by atoms with Gasteiger partial charge in [0.25, 0.3) is 0 Å². The van der Waals surface area contributed by atoms with Crippen LogP contribution in [0.25, 0.3) is 0 Å². The van der Waals surface area contributed by atoms with Gasteiger partial charge in [0, 0.05) is 19.3 Å². The molecular formula is C9H12BrN5O. The highest BCUT2D eigenvalue weighted by molar-refractivity contribution is 9.10. The summed E-state index contributed by atoms with van der Waals surface area (Å²) in [6, 6.07) is -0.251. The first kappa shape index (κ1) is 11.1. The highest BCUT2D eigenvalue weighted by atomic mass is 79.9. The molecule has 86 valence electrons. The minimum Gasteiger partial charge on any atom is -0.368 e. The number of halogens is 1. The molecule has 1 unspecified atom stereocenters. The Morgan fingerprint density at radius 1 is 1.69 bits per heavy atom. The van der Waals surface area contributed by atoms with Crippen molar-refractivity contribution in [1.82, 2.24) is 15.3 Å². The molecule has 1 aromatic heterocycles. The van der Waals surface area contributed by atoms with Crippen LogP contribution in [0, 0.1) is 0 Å². The number of hydrogen-bond donors (Lipinski definition) is 2. The lowest BCUT2D eigenvalue weighted by atomic mass is 10.2. The fraction of sp³-hybridized carbons (Fsp3) is 0.444. The van der Waals surface area contributed by atoms with Gasteiger partial charge in [0.2, 0.25) is 11.9 Å². The van der Waals surface area contributed by atoms with Crippen molar-refractivity contribution in [3.63, 3.8) is 0 Å². The molecule has 2 rings (SSSR count). The molecule has 1 aliphatic rings. The van der Waals surface area contributed by atoms with Gasteiger partial charge in [-0.1, -0.05) is 0 Å². The second-order valence-corrected chi connectivity index (χ2v) is 4.41.